The first kappa shape index (κ1) is 9.76. The lowest BCUT2D eigenvalue weighted by Crippen LogP contribution is -2.33. The van der Waals surface area contributed by atoms with Crippen LogP contribution in [0, 0.1) is 0 Å². The van der Waals surface area contributed by atoms with Crippen molar-refractivity contribution < 1.29 is 23.2 Å². The number of halogens is 2. The zero-order valence-corrected chi connectivity index (χ0v) is 5.34. The third-order valence-corrected chi connectivity index (χ3v) is 0.585. The van der Waals surface area contributed by atoms with E-state index in [-0.39, 0.29) is 0 Å². The molecule has 0 bridgehead atoms. The number of carbonyl (C=O) groups excluding carboxylic acids is 2. The fraction of sp³-hybridized carbons (Fsp3) is 0.500. The molecule has 0 aromatic heterocycles. The second kappa shape index (κ2) is 4.56. The van der Waals surface area contributed by atoms with Crippen molar-refractivity contribution in [3.05, 3.63) is 0 Å². The largest absolute Gasteiger partial charge is 0.368 e. The molecule has 0 spiro atoms. The van der Waals surface area contributed by atoms with Crippen LogP contribution in [0.5, 0.6) is 0 Å². The lowest BCUT2D eigenvalue weighted by atomic mass is 10.7. The Labute approximate surface area is 60.4 Å². The second-order valence-electron chi connectivity index (χ2n) is 1.52. The highest BCUT2D eigenvalue weighted by molar-refractivity contribution is 5.78. The summed E-state index contributed by atoms with van der Waals surface area (Å²) in [6, 6.07) is 0. The van der Waals surface area contributed by atoms with E-state index < -0.39 is 24.8 Å². The first-order valence-corrected chi connectivity index (χ1v) is 2.52. The number of hydrogen-bond donors (Lipinski definition) is 2. The zero-order valence-electron chi connectivity index (χ0n) is 5.34. The summed E-state index contributed by atoms with van der Waals surface area (Å²) in [5.74, 6) is -2.47. The average Bonchev–Trinajstić information content (AvgIpc) is 1.86. The Morgan fingerprint density at radius 3 is 2.45 bits per heavy atom. The summed E-state index contributed by atoms with van der Waals surface area (Å²) in [4.78, 5) is 23.9. The van der Waals surface area contributed by atoms with E-state index in [1.54, 1.807) is 0 Å². The van der Waals surface area contributed by atoms with Gasteiger partial charge in [-0.2, -0.15) is 8.78 Å². The highest BCUT2D eigenvalue weighted by Gasteiger charge is 2.14. The molecule has 0 atom stereocenters. The van der Waals surface area contributed by atoms with Crippen LogP contribution >= 0.6 is 0 Å². The minimum Gasteiger partial charge on any atom is -0.368 e. The maximum absolute atomic E-state index is 11.3. The summed E-state index contributed by atoms with van der Waals surface area (Å²) in [7, 11) is 0. The van der Waals surface area contributed by atoms with Gasteiger partial charge in [0.15, 0.2) is 6.61 Å². The minimum atomic E-state index is -3.16. The van der Waals surface area contributed by atoms with E-state index in [9.17, 15) is 18.4 Å². The van der Waals surface area contributed by atoms with Crippen LogP contribution < -0.4 is 11.2 Å². The molecule has 0 aliphatic rings. The molecule has 0 heterocycles. The maximum Gasteiger partial charge on any atom is 0.317 e. The number of primary amides is 1. The number of nitrogens with one attached hydrogen (secondary N) is 1. The van der Waals surface area contributed by atoms with E-state index >= 15 is 0 Å². The van der Waals surface area contributed by atoms with Gasteiger partial charge in [-0.1, -0.05) is 0 Å². The molecule has 0 aromatic rings. The third kappa shape index (κ3) is 5.22. The van der Waals surface area contributed by atoms with Crippen LogP contribution in [0.1, 0.15) is 0 Å². The fourth-order valence-corrected chi connectivity index (χ4v) is 0.223. The van der Waals surface area contributed by atoms with Gasteiger partial charge in [-0.3, -0.25) is 14.4 Å². The van der Waals surface area contributed by atoms with Crippen molar-refractivity contribution in [1.82, 2.24) is 5.48 Å². The number of nitrogens with two attached hydrogens (primary N) is 1. The smallest absolute Gasteiger partial charge is 0.317 e. The average molecular weight is 168 g/mol. The predicted molar refractivity (Wildman–Crippen MR) is 29.3 cm³/mol. The highest BCUT2D eigenvalue weighted by atomic mass is 19.3. The van der Waals surface area contributed by atoms with Crippen LogP contribution in [0.3, 0.4) is 0 Å². The van der Waals surface area contributed by atoms with E-state index in [0.717, 1.165) is 0 Å². The van der Waals surface area contributed by atoms with Gasteiger partial charge in [-0.05, 0) is 0 Å². The molecule has 11 heavy (non-hydrogen) atoms. The van der Waals surface area contributed by atoms with E-state index in [4.69, 9.17) is 0 Å². The molecule has 0 radical (unpaired) electrons. The van der Waals surface area contributed by atoms with Gasteiger partial charge in [0.2, 0.25) is 5.91 Å². The van der Waals surface area contributed by atoms with Crippen molar-refractivity contribution in [3.63, 3.8) is 0 Å². The molecule has 0 aromatic carbocycles. The van der Waals surface area contributed by atoms with Gasteiger partial charge < -0.3 is 5.73 Å². The summed E-state index contributed by atoms with van der Waals surface area (Å²) >= 11 is 0. The standard InChI is InChI=1S/C4H6F2N2O3/c5-3(6)4(10)8-11-1-2(7)9/h3H,1H2,(H2,7,9)(H,8,10). The van der Waals surface area contributed by atoms with Crippen molar-refractivity contribution >= 4 is 11.8 Å². The van der Waals surface area contributed by atoms with Gasteiger partial charge in [-0.25, -0.2) is 5.48 Å². The minimum absolute atomic E-state index is 0.627. The van der Waals surface area contributed by atoms with Crippen molar-refractivity contribution in [3.8, 4) is 0 Å². The second-order valence-corrected chi connectivity index (χ2v) is 1.52. The predicted octanol–water partition coefficient (Wildman–Crippen LogP) is -1.22. The third-order valence-electron chi connectivity index (χ3n) is 0.585. The number of hydrogen-bond acceptors (Lipinski definition) is 3. The van der Waals surface area contributed by atoms with Gasteiger partial charge in [0.05, 0.1) is 0 Å². The monoisotopic (exact) mass is 168 g/mol. The van der Waals surface area contributed by atoms with E-state index in [1.165, 1.54) is 5.48 Å². The molecular formula is C4H6F2N2O3. The lowest BCUT2D eigenvalue weighted by molar-refractivity contribution is -0.147. The van der Waals surface area contributed by atoms with Gasteiger partial charge >= 0.3 is 12.3 Å². The van der Waals surface area contributed by atoms with E-state index in [0.29, 0.717) is 0 Å². The van der Waals surface area contributed by atoms with Gasteiger partial charge in [-0.15, -0.1) is 0 Å². The fourth-order valence-electron chi connectivity index (χ4n) is 0.223. The Morgan fingerprint density at radius 2 is 2.09 bits per heavy atom. The molecule has 0 unspecified atom stereocenters. The topological polar surface area (TPSA) is 81.4 Å². The van der Waals surface area contributed by atoms with Crippen LogP contribution in [0.2, 0.25) is 0 Å². The number of hydroxylamine groups is 1. The van der Waals surface area contributed by atoms with Crippen LogP contribution in [-0.4, -0.2) is 24.8 Å². The number of amides is 2. The van der Waals surface area contributed by atoms with Crippen molar-refractivity contribution in [2.24, 2.45) is 5.73 Å². The van der Waals surface area contributed by atoms with Gasteiger partial charge in [0.1, 0.15) is 0 Å². The molecule has 0 rings (SSSR count). The van der Waals surface area contributed by atoms with Gasteiger partial charge in [0, 0.05) is 0 Å². The summed E-state index contributed by atoms with van der Waals surface area (Å²) < 4.78 is 22.7. The van der Waals surface area contributed by atoms with Crippen LogP contribution in [0.4, 0.5) is 8.78 Å². The van der Waals surface area contributed by atoms with Crippen molar-refractivity contribution in [2.45, 2.75) is 6.43 Å². The zero-order chi connectivity index (χ0) is 8.85. The van der Waals surface area contributed by atoms with Crippen LogP contribution in [-0.2, 0) is 14.4 Å². The van der Waals surface area contributed by atoms with E-state index in [1.807, 2.05) is 0 Å². The molecule has 0 fully saturated rings. The number of carbonyl (C=O) groups is 2. The Kier molecular flexibility index (Phi) is 4.04. The Balaban J connectivity index is 3.39. The molecular weight excluding hydrogens is 162 g/mol. The Hall–Kier alpha value is -1.24. The Morgan fingerprint density at radius 1 is 1.55 bits per heavy atom. The van der Waals surface area contributed by atoms with Crippen molar-refractivity contribution in [1.29, 1.82) is 0 Å². The molecule has 2 amide bonds. The van der Waals surface area contributed by atoms with E-state index in [2.05, 4.69) is 10.6 Å². The SMILES string of the molecule is NC(=O)CONC(=O)C(F)F. The normalized spacial score (nSPS) is 9.73. The van der Waals surface area contributed by atoms with Crippen LogP contribution in [0.15, 0.2) is 0 Å². The molecule has 5 nitrogen and oxygen atoms in total. The first-order valence-electron chi connectivity index (χ1n) is 2.52. The first-order chi connectivity index (χ1) is 5.04. The molecule has 0 saturated heterocycles. The number of rotatable bonds is 4. The molecule has 0 aliphatic heterocycles. The quantitative estimate of drug-likeness (QED) is 0.516. The molecule has 64 valence electrons. The molecule has 7 heteroatoms. The van der Waals surface area contributed by atoms with Crippen molar-refractivity contribution in [2.75, 3.05) is 6.61 Å². The summed E-state index contributed by atoms with van der Waals surface area (Å²) in [6.45, 7) is -0.627. The molecule has 0 aliphatic carbocycles. The Bertz CT molecular complexity index is 161. The summed E-state index contributed by atoms with van der Waals surface area (Å²) in [6.07, 6.45) is -3.16. The van der Waals surface area contributed by atoms with Gasteiger partial charge in [0.25, 0.3) is 0 Å². The maximum atomic E-state index is 11.3. The lowest BCUT2D eigenvalue weighted by Gasteiger charge is -2.01. The molecule has 3 N–H and O–H groups in total. The highest BCUT2D eigenvalue weighted by Crippen LogP contribution is 1.89. The number of alkyl halides is 2. The van der Waals surface area contributed by atoms with Crippen LogP contribution in [0.25, 0.3) is 0 Å². The summed E-state index contributed by atoms with van der Waals surface area (Å²) in [5.41, 5.74) is 5.88. The summed E-state index contributed by atoms with van der Waals surface area (Å²) in [5, 5.41) is 0. The molecule has 0 saturated carbocycles.